The summed E-state index contributed by atoms with van der Waals surface area (Å²) in [7, 11) is 1.64. The molecule has 186 valence electrons. The topological polar surface area (TPSA) is 87.8 Å². The van der Waals surface area contributed by atoms with Gasteiger partial charge in [-0.2, -0.15) is 4.98 Å². The van der Waals surface area contributed by atoms with Crippen molar-refractivity contribution in [1.29, 1.82) is 0 Å². The molecule has 0 spiro atoms. The number of carbonyl (C=O) groups is 1. The second-order valence-electron chi connectivity index (χ2n) is 9.25. The SMILES string of the molecule is COc1ccc(-c2noc(CN3CCN(C(=O)C4CCN(Cc5csc(C)n5)CC4)CC3)n2)cc1. The molecule has 0 unspecified atom stereocenters. The van der Waals surface area contributed by atoms with E-state index in [4.69, 9.17) is 9.26 Å². The Kier molecular flexibility index (Phi) is 7.40. The number of hydrogen-bond donors (Lipinski definition) is 0. The maximum absolute atomic E-state index is 13.1. The van der Waals surface area contributed by atoms with Crippen LogP contribution in [-0.2, 0) is 17.9 Å². The van der Waals surface area contributed by atoms with Crippen molar-refractivity contribution in [2.75, 3.05) is 46.4 Å². The van der Waals surface area contributed by atoms with E-state index in [1.165, 1.54) is 0 Å². The summed E-state index contributed by atoms with van der Waals surface area (Å²) >= 11 is 1.70. The van der Waals surface area contributed by atoms with Gasteiger partial charge in [0.1, 0.15) is 5.75 Å². The highest BCUT2D eigenvalue weighted by Gasteiger charge is 2.31. The summed E-state index contributed by atoms with van der Waals surface area (Å²) in [6.45, 7) is 8.57. The van der Waals surface area contributed by atoms with Crippen LogP contribution in [0.4, 0.5) is 0 Å². The molecule has 4 heterocycles. The average molecular weight is 497 g/mol. The predicted molar refractivity (Wildman–Crippen MR) is 133 cm³/mol. The Balaban J connectivity index is 1.06. The first-order valence-electron chi connectivity index (χ1n) is 12.2. The van der Waals surface area contributed by atoms with E-state index in [9.17, 15) is 4.79 Å². The molecule has 5 rings (SSSR count). The van der Waals surface area contributed by atoms with Gasteiger partial charge in [0.2, 0.25) is 17.6 Å². The highest BCUT2D eigenvalue weighted by atomic mass is 32.1. The zero-order chi connectivity index (χ0) is 24.2. The first-order chi connectivity index (χ1) is 17.1. The molecule has 0 atom stereocenters. The molecular weight excluding hydrogens is 464 g/mol. The Morgan fingerprint density at radius 1 is 1.03 bits per heavy atom. The standard InChI is InChI=1S/C25H32N6O3S/c1-18-26-21(17-35-18)15-29-9-7-20(8-10-29)25(32)31-13-11-30(12-14-31)16-23-27-24(28-34-23)19-3-5-22(33-2)6-4-19/h3-6,17,20H,7-16H2,1-2H3. The molecule has 2 aromatic heterocycles. The number of ether oxygens (including phenoxy) is 1. The molecule has 1 amide bonds. The van der Waals surface area contributed by atoms with Crippen molar-refractivity contribution < 1.29 is 14.1 Å². The van der Waals surface area contributed by atoms with Crippen LogP contribution < -0.4 is 4.74 Å². The average Bonchev–Trinajstić information content (AvgIpc) is 3.53. The molecule has 0 saturated carbocycles. The van der Waals surface area contributed by atoms with Crippen LogP contribution in [0.25, 0.3) is 11.4 Å². The molecule has 9 nitrogen and oxygen atoms in total. The predicted octanol–water partition coefficient (Wildman–Crippen LogP) is 3.07. The summed E-state index contributed by atoms with van der Waals surface area (Å²) in [6, 6.07) is 7.60. The van der Waals surface area contributed by atoms with Crippen molar-refractivity contribution >= 4 is 17.2 Å². The number of methoxy groups -OCH3 is 1. The summed E-state index contributed by atoms with van der Waals surface area (Å²) in [5, 5.41) is 7.37. The zero-order valence-electron chi connectivity index (χ0n) is 20.4. The van der Waals surface area contributed by atoms with Crippen molar-refractivity contribution in [2.45, 2.75) is 32.9 Å². The van der Waals surface area contributed by atoms with Gasteiger partial charge in [0.15, 0.2) is 0 Å². The molecule has 0 N–H and O–H groups in total. The lowest BCUT2D eigenvalue weighted by Gasteiger charge is -2.38. The number of piperidine rings is 1. The Morgan fingerprint density at radius 2 is 1.74 bits per heavy atom. The first kappa shape index (κ1) is 23.9. The molecule has 3 aromatic rings. The molecule has 2 aliphatic rings. The number of hydrogen-bond acceptors (Lipinski definition) is 9. The van der Waals surface area contributed by atoms with Crippen molar-refractivity contribution in [3.8, 4) is 17.1 Å². The van der Waals surface area contributed by atoms with Gasteiger partial charge in [-0.25, -0.2) is 4.98 Å². The number of likely N-dealkylation sites (tertiary alicyclic amines) is 1. The van der Waals surface area contributed by atoms with Gasteiger partial charge in [-0.3, -0.25) is 14.6 Å². The molecule has 35 heavy (non-hydrogen) atoms. The zero-order valence-corrected chi connectivity index (χ0v) is 21.2. The number of aromatic nitrogens is 3. The summed E-state index contributed by atoms with van der Waals surface area (Å²) in [5.74, 6) is 2.42. The van der Waals surface area contributed by atoms with E-state index in [1.54, 1.807) is 18.4 Å². The fourth-order valence-corrected chi connectivity index (χ4v) is 5.40. The largest absolute Gasteiger partial charge is 0.497 e. The van der Waals surface area contributed by atoms with Crippen molar-refractivity contribution in [3.63, 3.8) is 0 Å². The van der Waals surface area contributed by atoms with Crippen molar-refractivity contribution in [1.82, 2.24) is 29.8 Å². The van der Waals surface area contributed by atoms with E-state index in [0.29, 0.717) is 24.2 Å². The number of carbonyl (C=O) groups excluding carboxylic acids is 1. The summed E-state index contributed by atoms with van der Waals surface area (Å²) in [5.41, 5.74) is 2.04. The van der Waals surface area contributed by atoms with Gasteiger partial charge < -0.3 is 14.2 Å². The molecule has 2 aliphatic heterocycles. The number of rotatable bonds is 7. The number of amides is 1. The highest BCUT2D eigenvalue weighted by molar-refractivity contribution is 7.09. The molecule has 1 aromatic carbocycles. The van der Waals surface area contributed by atoms with Crippen LogP contribution in [0, 0.1) is 12.8 Å². The smallest absolute Gasteiger partial charge is 0.241 e. The van der Waals surface area contributed by atoms with Gasteiger partial charge in [-0.15, -0.1) is 11.3 Å². The van der Waals surface area contributed by atoms with Gasteiger partial charge in [-0.05, 0) is 57.1 Å². The third-order valence-corrected chi connectivity index (χ3v) is 7.67. The lowest BCUT2D eigenvalue weighted by atomic mass is 9.95. The second-order valence-corrected chi connectivity index (χ2v) is 10.3. The molecular formula is C25H32N6O3S. The minimum atomic E-state index is 0.137. The number of nitrogens with zero attached hydrogens (tertiary/aromatic N) is 6. The quantitative estimate of drug-likeness (QED) is 0.493. The van der Waals surface area contributed by atoms with Crippen LogP contribution in [0.3, 0.4) is 0 Å². The minimum absolute atomic E-state index is 0.137. The Morgan fingerprint density at radius 3 is 2.40 bits per heavy atom. The fourth-order valence-electron chi connectivity index (χ4n) is 4.80. The molecule has 0 aliphatic carbocycles. The monoisotopic (exact) mass is 496 g/mol. The third-order valence-electron chi connectivity index (χ3n) is 6.85. The van der Waals surface area contributed by atoms with E-state index in [0.717, 1.165) is 80.7 Å². The van der Waals surface area contributed by atoms with E-state index < -0.39 is 0 Å². The lowest BCUT2D eigenvalue weighted by Crippen LogP contribution is -2.51. The van der Waals surface area contributed by atoms with Crippen LogP contribution in [0.5, 0.6) is 5.75 Å². The number of benzene rings is 1. The molecule has 0 bridgehead atoms. The van der Waals surface area contributed by atoms with Gasteiger partial charge in [0.25, 0.3) is 0 Å². The second kappa shape index (κ2) is 10.8. The Hall–Kier alpha value is -2.82. The maximum atomic E-state index is 13.1. The van der Waals surface area contributed by atoms with E-state index in [-0.39, 0.29) is 5.92 Å². The maximum Gasteiger partial charge on any atom is 0.241 e. The van der Waals surface area contributed by atoms with Gasteiger partial charge in [-0.1, -0.05) is 5.16 Å². The van der Waals surface area contributed by atoms with Crippen LogP contribution >= 0.6 is 11.3 Å². The van der Waals surface area contributed by atoms with Crippen LogP contribution in [-0.4, -0.2) is 82.1 Å². The van der Waals surface area contributed by atoms with Crippen LogP contribution in [0.1, 0.15) is 29.4 Å². The summed E-state index contributed by atoms with van der Waals surface area (Å²) in [4.78, 5) is 29.0. The number of piperazine rings is 1. The summed E-state index contributed by atoms with van der Waals surface area (Å²) in [6.07, 6.45) is 1.86. The van der Waals surface area contributed by atoms with Crippen LogP contribution in [0.15, 0.2) is 34.2 Å². The molecule has 10 heteroatoms. The van der Waals surface area contributed by atoms with Gasteiger partial charge in [0, 0.05) is 49.6 Å². The highest BCUT2D eigenvalue weighted by Crippen LogP contribution is 2.23. The van der Waals surface area contributed by atoms with E-state index in [1.807, 2.05) is 36.1 Å². The first-order valence-corrected chi connectivity index (χ1v) is 13.1. The van der Waals surface area contributed by atoms with Gasteiger partial charge >= 0.3 is 0 Å². The fraction of sp³-hybridized carbons (Fsp3) is 0.520. The number of thiazole rings is 1. The lowest BCUT2D eigenvalue weighted by molar-refractivity contribution is -0.139. The van der Waals surface area contributed by atoms with Gasteiger partial charge in [0.05, 0.1) is 24.4 Å². The van der Waals surface area contributed by atoms with E-state index in [2.05, 4.69) is 30.3 Å². The molecule has 2 fully saturated rings. The third kappa shape index (κ3) is 5.88. The molecule has 2 saturated heterocycles. The number of aryl methyl sites for hydroxylation is 1. The van der Waals surface area contributed by atoms with E-state index >= 15 is 0 Å². The minimum Gasteiger partial charge on any atom is -0.497 e. The normalized spacial score (nSPS) is 18.2. The Labute approximate surface area is 209 Å². The van der Waals surface area contributed by atoms with Crippen LogP contribution in [0.2, 0.25) is 0 Å². The van der Waals surface area contributed by atoms with Crippen molar-refractivity contribution in [2.24, 2.45) is 5.92 Å². The molecule has 0 radical (unpaired) electrons. The summed E-state index contributed by atoms with van der Waals surface area (Å²) < 4.78 is 10.7. The Bertz CT molecular complexity index is 1110. The van der Waals surface area contributed by atoms with Crippen molar-refractivity contribution in [3.05, 3.63) is 46.2 Å².